The van der Waals surface area contributed by atoms with Crippen LogP contribution in [0.4, 0.5) is 0 Å². The molecule has 16 N–H and O–H groups in total. The summed E-state index contributed by atoms with van der Waals surface area (Å²) >= 11 is 0. The molecule has 5 aliphatic rings. The Morgan fingerprint density at radius 1 is 0.647 bits per heavy atom. The molecule has 0 bridgehead atoms. The molecule has 29 heteroatoms. The summed E-state index contributed by atoms with van der Waals surface area (Å²) in [5.41, 5.74) is 0. The van der Waals surface area contributed by atoms with E-state index in [1.54, 1.807) is 6.92 Å². The van der Waals surface area contributed by atoms with Gasteiger partial charge in [-0.2, -0.15) is 0 Å². The van der Waals surface area contributed by atoms with Gasteiger partial charge in [-0.1, -0.05) is 0 Å². The first-order valence-electron chi connectivity index (χ1n) is 22.0. The Balaban J connectivity index is 1.54. The summed E-state index contributed by atoms with van der Waals surface area (Å²) in [5, 5.41) is 156. The lowest BCUT2D eigenvalue weighted by Gasteiger charge is -2.52. The van der Waals surface area contributed by atoms with Gasteiger partial charge in [-0.25, -0.2) is 4.79 Å². The van der Waals surface area contributed by atoms with Gasteiger partial charge in [0.2, 0.25) is 11.8 Å². The molecule has 0 saturated carbocycles. The fourth-order valence-electron chi connectivity index (χ4n) is 8.70. The second-order valence-electron chi connectivity index (χ2n) is 17.2. The number of amides is 2. The molecule has 0 aromatic carbocycles. The second-order valence-corrected chi connectivity index (χ2v) is 17.2. The Bertz CT molecular complexity index is 1640. The minimum atomic E-state index is -3.16. The monoisotopic (exact) mass is 994 g/mol. The third-order valence-corrected chi connectivity index (χ3v) is 12.2. The van der Waals surface area contributed by atoms with Crippen LogP contribution in [-0.4, -0.2) is 275 Å². The van der Waals surface area contributed by atoms with Gasteiger partial charge in [-0.15, -0.1) is 0 Å². The Labute approximate surface area is 387 Å². The number of hydrogen-bond acceptors (Lipinski definition) is 26. The number of nitrogens with one attached hydrogen (secondary N) is 2. The van der Waals surface area contributed by atoms with E-state index in [0.29, 0.717) is 0 Å². The molecule has 68 heavy (non-hydrogen) atoms. The van der Waals surface area contributed by atoms with Crippen LogP contribution >= 0.6 is 0 Å². The summed E-state index contributed by atoms with van der Waals surface area (Å²) < 4.78 is 58.5. The molecule has 394 valence electrons. The van der Waals surface area contributed by atoms with Crippen molar-refractivity contribution in [2.75, 3.05) is 33.0 Å². The van der Waals surface area contributed by atoms with Crippen LogP contribution in [0.5, 0.6) is 0 Å². The van der Waals surface area contributed by atoms with Gasteiger partial charge < -0.3 is 129 Å². The first-order chi connectivity index (χ1) is 32.1. The summed E-state index contributed by atoms with van der Waals surface area (Å²) in [6, 6.07) is -3.32. The number of carbonyl (C=O) groups is 3. The van der Waals surface area contributed by atoms with Crippen molar-refractivity contribution in [3.63, 3.8) is 0 Å². The molecule has 2 amide bonds. The zero-order valence-corrected chi connectivity index (χ0v) is 37.4. The average molecular weight is 995 g/mol. The van der Waals surface area contributed by atoms with Crippen LogP contribution in [0.1, 0.15) is 40.5 Å². The highest BCUT2D eigenvalue weighted by Gasteiger charge is 2.61. The lowest BCUT2D eigenvalue weighted by Crippen LogP contribution is -2.72. The second kappa shape index (κ2) is 24.3. The number of carbonyl (C=O) groups excluding carboxylic acids is 2. The van der Waals surface area contributed by atoms with Gasteiger partial charge in [0.1, 0.15) is 97.6 Å². The van der Waals surface area contributed by atoms with Crippen LogP contribution in [0, 0.1) is 0 Å². The minimum Gasteiger partial charge on any atom is -0.477 e. The third-order valence-electron chi connectivity index (χ3n) is 12.2. The average Bonchev–Trinajstić information content (AvgIpc) is 3.28. The highest BCUT2D eigenvalue weighted by atomic mass is 16.8. The molecule has 0 unspecified atom stereocenters. The molecule has 5 heterocycles. The lowest BCUT2D eigenvalue weighted by atomic mass is 9.88. The molecule has 29 nitrogen and oxygen atoms in total. The van der Waals surface area contributed by atoms with Crippen molar-refractivity contribution < 1.29 is 133 Å². The minimum absolute atomic E-state index is 0.00557. The lowest BCUT2D eigenvalue weighted by molar-refractivity contribution is -0.395. The zero-order valence-electron chi connectivity index (χ0n) is 37.4. The first-order valence-corrected chi connectivity index (χ1v) is 22.0. The number of rotatable bonds is 19. The van der Waals surface area contributed by atoms with Crippen LogP contribution in [-0.2, 0) is 61.8 Å². The fourth-order valence-corrected chi connectivity index (χ4v) is 8.70. The Morgan fingerprint density at radius 2 is 1.18 bits per heavy atom. The van der Waals surface area contributed by atoms with Crippen LogP contribution in [0.15, 0.2) is 0 Å². The van der Waals surface area contributed by atoms with Crippen molar-refractivity contribution in [2.45, 2.75) is 193 Å². The number of aliphatic hydroxyl groups is 13. The third kappa shape index (κ3) is 12.4. The quantitative estimate of drug-likeness (QED) is 0.0571. The van der Waals surface area contributed by atoms with E-state index in [-0.39, 0.29) is 13.0 Å². The van der Waals surface area contributed by atoms with Crippen molar-refractivity contribution in [1.29, 1.82) is 0 Å². The van der Waals surface area contributed by atoms with Gasteiger partial charge in [-0.05, 0) is 13.8 Å². The maximum atomic E-state index is 13.1. The van der Waals surface area contributed by atoms with Gasteiger partial charge in [0.15, 0.2) is 25.2 Å². The Kier molecular flexibility index (Phi) is 20.1. The van der Waals surface area contributed by atoms with Crippen molar-refractivity contribution in [2.24, 2.45) is 0 Å². The predicted octanol–water partition coefficient (Wildman–Crippen LogP) is -9.33. The van der Waals surface area contributed by atoms with Crippen LogP contribution in [0.2, 0.25) is 0 Å². The normalized spacial score (nSPS) is 45.5. The fraction of sp³-hybridized carbons (Fsp3) is 0.923. The molecule has 5 rings (SSSR count). The summed E-state index contributed by atoms with van der Waals surface area (Å²) in [5.74, 6) is -6.81. The summed E-state index contributed by atoms with van der Waals surface area (Å²) in [6.45, 7) is 1.05. The van der Waals surface area contributed by atoms with E-state index in [1.807, 2.05) is 0 Å². The maximum absolute atomic E-state index is 13.1. The summed E-state index contributed by atoms with van der Waals surface area (Å²) in [7, 11) is 0. The van der Waals surface area contributed by atoms with Crippen LogP contribution in [0.3, 0.4) is 0 Å². The number of hydrogen-bond donors (Lipinski definition) is 16. The Hall–Kier alpha value is -2.51. The molecular weight excluding hydrogens is 928 g/mol. The summed E-state index contributed by atoms with van der Waals surface area (Å²) in [4.78, 5) is 38.1. The Morgan fingerprint density at radius 3 is 1.74 bits per heavy atom. The topological polar surface area (TPSA) is 451 Å². The molecular formula is C39H66N2O27. The van der Waals surface area contributed by atoms with E-state index in [4.69, 9.17) is 47.4 Å². The van der Waals surface area contributed by atoms with E-state index >= 15 is 0 Å². The maximum Gasteiger partial charge on any atom is 0.364 e. The van der Waals surface area contributed by atoms with Crippen molar-refractivity contribution in [3.05, 3.63) is 0 Å². The number of aliphatic carboxylic acids is 1. The molecule has 25 atom stereocenters. The van der Waals surface area contributed by atoms with Crippen molar-refractivity contribution in [3.8, 4) is 0 Å². The SMILES string of the molecule is CCO[C@@H]1O[C@H](CO)[C@H](O)[C@H](O[C@@H]2O[C@H](CO)[C@@H](O[C@@H]3O[C@H](CO)[C@H](O)[C@H](O[C@]4(C(=O)O)C[C@H](O)[C@@H](NC(C)=O)[C@H]([C@@H](O)[C@H](O)CO)O4)[C@H]3O)[C@H](O[C@@H]3O[C@@H](C)[C@@H](O)C[C@@H]3O)[C@H]2NC(C)=O)[C@H]1O. The molecule has 5 aliphatic heterocycles. The van der Waals surface area contributed by atoms with E-state index in [9.17, 15) is 85.9 Å². The number of ether oxygens (including phenoxy) is 10. The molecule has 5 fully saturated rings. The van der Waals surface area contributed by atoms with Gasteiger partial charge in [0, 0.05) is 33.3 Å². The van der Waals surface area contributed by atoms with E-state index < -0.39 is 204 Å². The van der Waals surface area contributed by atoms with E-state index in [1.165, 1.54) is 6.92 Å². The number of carboxylic acids is 1. The smallest absolute Gasteiger partial charge is 0.364 e. The summed E-state index contributed by atoms with van der Waals surface area (Å²) in [6.07, 6.45) is -41.3. The van der Waals surface area contributed by atoms with Crippen molar-refractivity contribution in [1.82, 2.24) is 10.6 Å². The van der Waals surface area contributed by atoms with Gasteiger partial charge in [0.25, 0.3) is 5.79 Å². The first kappa shape index (κ1) is 56.4. The molecule has 0 radical (unpaired) electrons. The molecule has 5 saturated heterocycles. The molecule has 0 spiro atoms. The predicted molar refractivity (Wildman–Crippen MR) is 214 cm³/mol. The molecule has 0 aromatic heterocycles. The van der Waals surface area contributed by atoms with E-state index in [2.05, 4.69) is 10.6 Å². The highest BCUT2D eigenvalue weighted by molar-refractivity contribution is 5.76. The highest BCUT2D eigenvalue weighted by Crippen LogP contribution is 2.40. The largest absolute Gasteiger partial charge is 0.477 e. The number of carboxylic acid groups (broad SMARTS) is 1. The van der Waals surface area contributed by atoms with Gasteiger partial charge in [0.05, 0.1) is 50.8 Å². The van der Waals surface area contributed by atoms with Gasteiger partial charge in [-0.3, -0.25) is 9.59 Å². The van der Waals surface area contributed by atoms with Crippen LogP contribution in [0.25, 0.3) is 0 Å². The molecule has 0 aliphatic carbocycles. The van der Waals surface area contributed by atoms with Crippen LogP contribution < -0.4 is 10.6 Å². The zero-order chi connectivity index (χ0) is 50.5. The number of aliphatic hydroxyl groups excluding tert-OH is 13. The van der Waals surface area contributed by atoms with E-state index in [0.717, 1.165) is 13.8 Å². The molecule has 0 aromatic rings. The van der Waals surface area contributed by atoms with Gasteiger partial charge >= 0.3 is 5.97 Å². The van der Waals surface area contributed by atoms with Crippen molar-refractivity contribution >= 4 is 17.8 Å². The standard InChI is InChI=1S/C39H66N2O27/c1-5-59-36-27(55)32(25(53)19(9-43)61-36)66-35-23(41-14(4)47)31(65-34-16(49)6-15(48)12(2)60-34)29(21(11-45)63-35)64-37-28(56)33(26(54)20(10-44)62-37)68-39(38(57)58)7-17(50)22(40-13(3)46)30(67-39)24(52)18(51)8-42/h12,15-37,42-45,48-56H,5-11H2,1-4H3,(H,40,46)(H,41,47)(H,57,58)/t12-,15-,16-,17-,18+,19+,20+,21+,22+,23+,24-,25-,26-,27+,28+,29+,30+,31+,32-,33-,34-,35-,36+,37-,39-/m0/s1.